The lowest BCUT2D eigenvalue weighted by Crippen LogP contribution is -2.43. The smallest absolute Gasteiger partial charge is 0.0512 e. The number of hydrogen-bond acceptors (Lipinski definition) is 2. The Balaban J connectivity index is 1.97. The van der Waals surface area contributed by atoms with Gasteiger partial charge in [0.2, 0.25) is 0 Å². The molecule has 1 N–H and O–H groups in total. The molecule has 3 heteroatoms. The summed E-state index contributed by atoms with van der Waals surface area (Å²) in [5.41, 5.74) is 1.34. The van der Waals surface area contributed by atoms with Crippen LogP contribution in [0.3, 0.4) is 0 Å². The van der Waals surface area contributed by atoms with Gasteiger partial charge in [-0.1, -0.05) is 30.7 Å². The SMILES string of the molecule is CCN[C@@H]1CCOC[C@H]1Cc1ccc(Cl)cc1. The Hall–Kier alpha value is -0.570. The molecule has 1 aromatic rings. The van der Waals surface area contributed by atoms with E-state index in [0.29, 0.717) is 12.0 Å². The predicted molar refractivity (Wildman–Crippen MR) is 71.5 cm³/mol. The maximum atomic E-state index is 5.90. The Labute approximate surface area is 108 Å². The third kappa shape index (κ3) is 3.70. The lowest BCUT2D eigenvalue weighted by molar-refractivity contribution is 0.0327. The third-order valence-electron chi connectivity index (χ3n) is 3.35. The highest BCUT2D eigenvalue weighted by molar-refractivity contribution is 6.30. The summed E-state index contributed by atoms with van der Waals surface area (Å²) >= 11 is 5.90. The van der Waals surface area contributed by atoms with Crippen LogP contribution in [0.5, 0.6) is 0 Å². The number of nitrogens with one attached hydrogen (secondary N) is 1. The van der Waals surface area contributed by atoms with Gasteiger partial charge in [-0.15, -0.1) is 0 Å². The van der Waals surface area contributed by atoms with E-state index in [-0.39, 0.29) is 0 Å². The predicted octanol–water partition coefficient (Wildman–Crippen LogP) is 2.90. The number of benzene rings is 1. The first-order valence-electron chi connectivity index (χ1n) is 6.35. The molecular formula is C14H20ClNO. The largest absolute Gasteiger partial charge is 0.381 e. The molecule has 1 aromatic carbocycles. The second-order valence-corrected chi connectivity index (χ2v) is 5.05. The fraction of sp³-hybridized carbons (Fsp3) is 0.571. The first-order valence-corrected chi connectivity index (χ1v) is 6.73. The van der Waals surface area contributed by atoms with Crippen LogP contribution in [0.4, 0.5) is 0 Å². The van der Waals surface area contributed by atoms with Crippen molar-refractivity contribution < 1.29 is 4.74 Å². The summed E-state index contributed by atoms with van der Waals surface area (Å²) in [5.74, 6) is 0.574. The highest BCUT2D eigenvalue weighted by atomic mass is 35.5. The fourth-order valence-electron chi connectivity index (χ4n) is 2.45. The molecule has 1 saturated heterocycles. The van der Waals surface area contributed by atoms with Crippen LogP contribution in [-0.4, -0.2) is 25.8 Å². The van der Waals surface area contributed by atoms with Crippen LogP contribution in [0.15, 0.2) is 24.3 Å². The topological polar surface area (TPSA) is 21.3 Å². The molecule has 1 heterocycles. The maximum absolute atomic E-state index is 5.90. The van der Waals surface area contributed by atoms with Gasteiger partial charge in [0, 0.05) is 23.6 Å². The van der Waals surface area contributed by atoms with Crippen molar-refractivity contribution in [1.82, 2.24) is 5.32 Å². The number of rotatable bonds is 4. The van der Waals surface area contributed by atoms with E-state index in [4.69, 9.17) is 16.3 Å². The maximum Gasteiger partial charge on any atom is 0.0512 e. The number of hydrogen-bond donors (Lipinski definition) is 1. The molecule has 0 aliphatic carbocycles. The van der Waals surface area contributed by atoms with Crippen LogP contribution >= 0.6 is 11.6 Å². The van der Waals surface area contributed by atoms with Crippen molar-refractivity contribution in [2.24, 2.45) is 5.92 Å². The van der Waals surface area contributed by atoms with E-state index in [0.717, 1.165) is 37.6 Å². The Kier molecular flexibility index (Phi) is 4.84. The van der Waals surface area contributed by atoms with Gasteiger partial charge >= 0.3 is 0 Å². The molecule has 0 unspecified atom stereocenters. The molecule has 1 aliphatic heterocycles. The van der Waals surface area contributed by atoms with E-state index in [1.165, 1.54) is 5.56 Å². The summed E-state index contributed by atoms with van der Waals surface area (Å²) in [6, 6.07) is 8.73. The zero-order valence-electron chi connectivity index (χ0n) is 10.3. The van der Waals surface area contributed by atoms with Crippen molar-refractivity contribution in [1.29, 1.82) is 0 Å². The quantitative estimate of drug-likeness (QED) is 0.891. The van der Waals surface area contributed by atoms with Gasteiger partial charge in [-0.2, -0.15) is 0 Å². The summed E-state index contributed by atoms with van der Waals surface area (Å²) in [7, 11) is 0. The molecule has 94 valence electrons. The monoisotopic (exact) mass is 253 g/mol. The molecule has 0 radical (unpaired) electrons. The second-order valence-electron chi connectivity index (χ2n) is 4.62. The van der Waals surface area contributed by atoms with Crippen molar-refractivity contribution in [3.63, 3.8) is 0 Å². The molecule has 2 nitrogen and oxygen atoms in total. The fourth-order valence-corrected chi connectivity index (χ4v) is 2.58. The summed E-state index contributed by atoms with van der Waals surface area (Å²) in [6.45, 7) is 4.94. The van der Waals surface area contributed by atoms with Crippen molar-refractivity contribution in [3.8, 4) is 0 Å². The van der Waals surface area contributed by atoms with E-state index < -0.39 is 0 Å². The number of ether oxygens (including phenoxy) is 1. The van der Waals surface area contributed by atoms with Gasteiger partial charge in [0.25, 0.3) is 0 Å². The summed E-state index contributed by atoms with van der Waals surface area (Å²) in [5, 5.41) is 4.36. The second kappa shape index (κ2) is 6.39. The Morgan fingerprint density at radius 3 is 2.82 bits per heavy atom. The van der Waals surface area contributed by atoms with Crippen molar-refractivity contribution in [2.45, 2.75) is 25.8 Å². The Bertz CT molecular complexity index is 337. The molecule has 2 atom stereocenters. The van der Waals surface area contributed by atoms with Crippen molar-refractivity contribution >= 4 is 11.6 Å². The molecule has 0 saturated carbocycles. The zero-order valence-corrected chi connectivity index (χ0v) is 11.0. The molecule has 0 spiro atoms. The van der Waals surface area contributed by atoms with Gasteiger partial charge in [-0.3, -0.25) is 0 Å². The summed E-state index contributed by atoms with van der Waals surface area (Å²) < 4.78 is 5.59. The minimum absolute atomic E-state index is 0.574. The minimum atomic E-state index is 0.574. The number of halogens is 1. The lowest BCUT2D eigenvalue weighted by atomic mass is 9.89. The van der Waals surface area contributed by atoms with Gasteiger partial charge in [0.05, 0.1) is 6.61 Å². The van der Waals surface area contributed by atoms with Gasteiger partial charge in [0.15, 0.2) is 0 Å². The first-order chi connectivity index (χ1) is 8.29. The average Bonchev–Trinajstić information content (AvgIpc) is 2.35. The van der Waals surface area contributed by atoms with Gasteiger partial charge < -0.3 is 10.1 Å². The minimum Gasteiger partial charge on any atom is -0.381 e. The molecule has 1 aliphatic rings. The highest BCUT2D eigenvalue weighted by Gasteiger charge is 2.24. The van der Waals surface area contributed by atoms with Crippen molar-refractivity contribution in [2.75, 3.05) is 19.8 Å². The Morgan fingerprint density at radius 1 is 1.35 bits per heavy atom. The van der Waals surface area contributed by atoms with Crippen LogP contribution in [0.2, 0.25) is 5.02 Å². The normalized spacial score (nSPS) is 24.8. The van der Waals surface area contributed by atoms with Crippen LogP contribution < -0.4 is 5.32 Å². The van der Waals surface area contributed by atoms with Gasteiger partial charge in [-0.25, -0.2) is 0 Å². The van der Waals surface area contributed by atoms with E-state index in [2.05, 4.69) is 24.4 Å². The van der Waals surface area contributed by atoms with E-state index >= 15 is 0 Å². The molecular weight excluding hydrogens is 234 g/mol. The standard InChI is InChI=1S/C14H20ClNO/c1-2-16-14-7-8-17-10-12(14)9-11-3-5-13(15)6-4-11/h3-6,12,14,16H,2,7-10H2,1H3/t12-,14-/m1/s1. The van der Waals surface area contributed by atoms with Crippen LogP contribution in [0, 0.1) is 5.92 Å². The van der Waals surface area contributed by atoms with Crippen molar-refractivity contribution in [3.05, 3.63) is 34.9 Å². The Morgan fingerprint density at radius 2 is 2.12 bits per heavy atom. The van der Waals surface area contributed by atoms with Crippen LogP contribution in [-0.2, 0) is 11.2 Å². The van der Waals surface area contributed by atoms with E-state index in [1.54, 1.807) is 0 Å². The van der Waals surface area contributed by atoms with Crippen LogP contribution in [0.25, 0.3) is 0 Å². The van der Waals surface area contributed by atoms with E-state index in [9.17, 15) is 0 Å². The summed E-state index contributed by atoms with van der Waals surface area (Å²) in [4.78, 5) is 0. The average molecular weight is 254 g/mol. The molecule has 1 fully saturated rings. The molecule has 0 aromatic heterocycles. The summed E-state index contributed by atoms with van der Waals surface area (Å²) in [6.07, 6.45) is 2.18. The van der Waals surface area contributed by atoms with Crippen LogP contribution in [0.1, 0.15) is 18.9 Å². The van der Waals surface area contributed by atoms with E-state index in [1.807, 2.05) is 12.1 Å². The zero-order chi connectivity index (χ0) is 12.1. The molecule has 17 heavy (non-hydrogen) atoms. The first kappa shape index (κ1) is 12.9. The molecule has 0 bridgehead atoms. The highest BCUT2D eigenvalue weighted by Crippen LogP contribution is 2.20. The van der Waals surface area contributed by atoms with Gasteiger partial charge in [0.1, 0.15) is 0 Å². The molecule has 2 rings (SSSR count). The lowest BCUT2D eigenvalue weighted by Gasteiger charge is -2.32. The third-order valence-corrected chi connectivity index (χ3v) is 3.60. The van der Waals surface area contributed by atoms with Gasteiger partial charge in [-0.05, 0) is 37.1 Å². The molecule has 0 amide bonds.